The van der Waals surface area contributed by atoms with Gasteiger partial charge in [0.15, 0.2) is 6.29 Å². The van der Waals surface area contributed by atoms with Crippen LogP contribution in [0.4, 0.5) is 18.9 Å². The first kappa shape index (κ1) is 14.8. The van der Waals surface area contributed by atoms with E-state index in [9.17, 15) is 18.0 Å². The van der Waals surface area contributed by atoms with Gasteiger partial charge in [-0.05, 0) is 24.6 Å². The van der Waals surface area contributed by atoms with Crippen molar-refractivity contribution in [1.82, 2.24) is 0 Å². The summed E-state index contributed by atoms with van der Waals surface area (Å²) in [5.41, 5.74) is -0.699. The van der Waals surface area contributed by atoms with E-state index >= 15 is 0 Å². The highest BCUT2D eigenvalue weighted by Gasteiger charge is 2.34. The second-order valence-electron chi connectivity index (χ2n) is 4.94. The summed E-state index contributed by atoms with van der Waals surface area (Å²) in [4.78, 5) is 12.6. The molecule has 1 fully saturated rings. The predicted octanol–water partition coefficient (Wildman–Crippen LogP) is 2.99. The summed E-state index contributed by atoms with van der Waals surface area (Å²) >= 11 is 0. The topological polar surface area (TPSA) is 29.5 Å². The maximum absolute atomic E-state index is 12.9. The molecule has 1 aliphatic heterocycles. The quantitative estimate of drug-likeness (QED) is 0.797. The number of carbonyl (C=O) groups excluding carboxylic acids is 1. The fourth-order valence-electron chi connectivity index (χ4n) is 2.53. The Balaban J connectivity index is 2.24. The number of alkyl halides is 3. The van der Waals surface area contributed by atoms with Crippen molar-refractivity contribution in [2.45, 2.75) is 12.6 Å². The molecule has 0 radical (unpaired) electrons. The Bertz CT molecular complexity index is 488. The van der Waals surface area contributed by atoms with Gasteiger partial charge in [0.05, 0.1) is 12.2 Å². The van der Waals surface area contributed by atoms with E-state index < -0.39 is 11.7 Å². The molecule has 110 valence electrons. The molecule has 1 aliphatic rings. The lowest BCUT2D eigenvalue weighted by atomic mass is 10.1. The summed E-state index contributed by atoms with van der Waals surface area (Å²) in [6.07, 6.45) is -3.38. The lowest BCUT2D eigenvalue weighted by Crippen LogP contribution is -2.22. The van der Waals surface area contributed by atoms with Crippen LogP contribution in [-0.2, 0) is 10.9 Å². The monoisotopic (exact) mass is 287 g/mol. The molecule has 1 unspecified atom stereocenters. The first-order valence-corrected chi connectivity index (χ1v) is 6.36. The zero-order valence-electron chi connectivity index (χ0n) is 11.1. The van der Waals surface area contributed by atoms with Gasteiger partial charge in [0.25, 0.3) is 0 Å². The van der Waals surface area contributed by atoms with E-state index in [0.29, 0.717) is 31.3 Å². The molecular weight excluding hydrogens is 271 g/mol. The third-order valence-electron chi connectivity index (χ3n) is 3.52. The molecule has 1 aromatic rings. The molecule has 1 aromatic carbocycles. The van der Waals surface area contributed by atoms with Crippen molar-refractivity contribution in [3.8, 4) is 0 Å². The van der Waals surface area contributed by atoms with E-state index in [0.717, 1.165) is 12.5 Å². The molecule has 6 heteroatoms. The molecule has 0 aliphatic carbocycles. The second-order valence-corrected chi connectivity index (χ2v) is 4.94. The lowest BCUT2D eigenvalue weighted by molar-refractivity contribution is -0.137. The number of nitrogens with zero attached hydrogens (tertiary/aromatic N) is 1. The smallest absolute Gasteiger partial charge is 0.384 e. The van der Waals surface area contributed by atoms with Gasteiger partial charge in [-0.1, -0.05) is 0 Å². The minimum absolute atomic E-state index is 0.240. The number of hydrogen-bond acceptors (Lipinski definition) is 3. The fourth-order valence-corrected chi connectivity index (χ4v) is 2.53. The normalized spacial score (nSPS) is 19.4. The number of carbonyl (C=O) groups is 1. The van der Waals surface area contributed by atoms with Gasteiger partial charge in [0.2, 0.25) is 0 Å². The highest BCUT2D eigenvalue weighted by Crippen LogP contribution is 2.35. The van der Waals surface area contributed by atoms with Gasteiger partial charge in [-0.2, -0.15) is 13.2 Å². The van der Waals surface area contributed by atoms with E-state index in [2.05, 4.69) is 0 Å². The first-order chi connectivity index (χ1) is 9.45. The number of anilines is 1. The van der Waals surface area contributed by atoms with Crippen LogP contribution in [0, 0.1) is 5.92 Å². The summed E-state index contributed by atoms with van der Waals surface area (Å²) < 4.78 is 43.8. The summed E-state index contributed by atoms with van der Waals surface area (Å²) in [5, 5.41) is 0. The molecule has 1 atom stereocenters. The molecule has 0 amide bonds. The van der Waals surface area contributed by atoms with Crippen LogP contribution in [0.1, 0.15) is 22.3 Å². The first-order valence-electron chi connectivity index (χ1n) is 6.36. The average Bonchev–Trinajstić information content (AvgIpc) is 2.86. The predicted molar refractivity (Wildman–Crippen MR) is 69.0 cm³/mol. The van der Waals surface area contributed by atoms with Crippen LogP contribution >= 0.6 is 0 Å². The Morgan fingerprint density at radius 2 is 2.20 bits per heavy atom. The van der Waals surface area contributed by atoms with Crippen molar-refractivity contribution >= 4 is 12.0 Å². The van der Waals surface area contributed by atoms with E-state index in [1.807, 2.05) is 4.90 Å². The third kappa shape index (κ3) is 3.12. The molecule has 0 saturated carbocycles. The van der Waals surface area contributed by atoms with E-state index in [4.69, 9.17) is 4.74 Å². The largest absolute Gasteiger partial charge is 0.417 e. The van der Waals surface area contributed by atoms with Gasteiger partial charge in [0, 0.05) is 37.4 Å². The van der Waals surface area contributed by atoms with Gasteiger partial charge in [-0.15, -0.1) is 0 Å². The molecule has 0 bridgehead atoms. The van der Waals surface area contributed by atoms with Crippen LogP contribution in [-0.4, -0.2) is 33.1 Å². The number of halogens is 3. The zero-order valence-corrected chi connectivity index (χ0v) is 11.1. The van der Waals surface area contributed by atoms with Crippen LogP contribution in [0.5, 0.6) is 0 Å². The van der Waals surface area contributed by atoms with Crippen LogP contribution in [0.25, 0.3) is 0 Å². The van der Waals surface area contributed by atoms with Crippen LogP contribution in [0.15, 0.2) is 18.2 Å². The van der Waals surface area contributed by atoms with Gasteiger partial charge in [0.1, 0.15) is 0 Å². The SMILES string of the molecule is COCC1CCN(c2ccc(C=O)c(C(F)(F)F)c2)C1. The number of hydrogen-bond donors (Lipinski definition) is 0. The van der Waals surface area contributed by atoms with E-state index in [-0.39, 0.29) is 11.8 Å². The number of methoxy groups -OCH3 is 1. The number of benzene rings is 1. The molecule has 0 aromatic heterocycles. The van der Waals surface area contributed by atoms with Crippen LogP contribution in [0.2, 0.25) is 0 Å². The van der Waals surface area contributed by atoms with Crippen molar-refractivity contribution < 1.29 is 22.7 Å². The van der Waals surface area contributed by atoms with E-state index in [1.165, 1.54) is 6.07 Å². The summed E-state index contributed by atoms with van der Waals surface area (Å²) in [6, 6.07) is 3.85. The van der Waals surface area contributed by atoms with Crippen molar-refractivity contribution in [2.24, 2.45) is 5.92 Å². The van der Waals surface area contributed by atoms with Gasteiger partial charge in [-0.25, -0.2) is 0 Å². The molecule has 20 heavy (non-hydrogen) atoms. The minimum atomic E-state index is -4.52. The maximum Gasteiger partial charge on any atom is 0.417 e. The summed E-state index contributed by atoms with van der Waals surface area (Å²) in [7, 11) is 1.61. The molecular formula is C14H16F3NO2. The highest BCUT2D eigenvalue weighted by atomic mass is 19.4. The fraction of sp³-hybridized carbons (Fsp3) is 0.500. The zero-order chi connectivity index (χ0) is 14.8. The molecule has 1 heterocycles. The Kier molecular flexibility index (Phi) is 4.32. The Labute approximate surface area is 115 Å². The maximum atomic E-state index is 12.9. The van der Waals surface area contributed by atoms with Crippen molar-refractivity contribution in [3.05, 3.63) is 29.3 Å². The molecule has 1 saturated heterocycles. The Morgan fingerprint density at radius 3 is 2.80 bits per heavy atom. The van der Waals surface area contributed by atoms with Gasteiger partial charge in [-0.3, -0.25) is 4.79 Å². The van der Waals surface area contributed by atoms with Crippen LogP contribution in [0.3, 0.4) is 0 Å². The number of rotatable bonds is 4. The van der Waals surface area contributed by atoms with E-state index in [1.54, 1.807) is 13.2 Å². The summed E-state index contributed by atoms with van der Waals surface area (Å²) in [6.45, 7) is 1.98. The van der Waals surface area contributed by atoms with Gasteiger partial charge < -0.3 is 9.64 Å². The summed E-state index contributed by atoms with van der Waals surface area (Å²) in [5.74, 6) is 0.333. The molecule has 0 N–H and O–H groups in total. The highest BCUT2D eigenvalue weighted by molar-refractivity contribution is 5.79. The third-order valence-corrected chi connectivity index (χ3v) is 3.52. The number of aldehydes is 1. The average molecular weight is 287 g/mol. The molecule has 2 rings (SSSR count). The minimum Gasteiger partial charge on any atom is -0.384 e. The van der Waals surface area contributed by atoms with Crippen molar-refractivity contribution in [1.29, 1.82) is 0 Å². The standard InChI is InChI=1S/C14H16F3NO2/c1-20-9-10-4-5-18(7-10)12-3-2-11(8-19)13(6-12)14(15,16)17/h2-3,6,8,10H,4-5,7,9H2,1H3. The second kappa shape index (κ2) is 5.83. The van der Waals surface area contributed by atoms with Crippen LogP contribution < -0.4 is 4.90 Å². The molecule has 0 spiro atoms. The van der Waals surface area contributed by atoms with Crippen molar-refractivity contribution in [2.75, 3.05) is 31.7 Å². The Morgan fingerprint density at radius 1 is 1.45 bits per heavy atom. The van der Waals surface area contributed by atoms with Gasteiger partial charge >= 0.3 is 6.18 Å². The van der Waals surface area contributed by atoms with Crippen molar-refractivity contribution in [3.63, 3.8) is 0 Å². The molecule has 3 nitrogen and oxygen atoms in total. The Hall–Kier alpha value is -1.56. The number of ether oxygens (including phenoxy) is 1. The lowest BCUT2D eigenvalue weighted by Gasteiger charge is -2.21.